The predicted octanol–water partition coefficient (Wildman–Crippen LogP) is -1.03. The molecule has 0 radical (unpaired) electrons. The molecule has 0 aliphatic carbocycles. The van der Waals surface area contributed by atoms with Crippen LogP contribution in [-0.2, 0) is 4.74 Å². The summed E-state index contributed by atoms with van der Waals surface area (Å²) in [5.41, 5.74) is 0. The first-order valence-electron chi connectivity index (χ1n) is 2.70. The molecule has 0 aromatic rings. The summed E-state index contributed by atoms with van der Waals surface area (Å²) in [4.78, 5) is 0. The molecule has 0 amide bonds. The Labute approximate surface area is 43.9 Å². The van der Waals surface area contributed by atoms with Gasteiger partial charge in [0.15, 0.2) is 6.10 Å². The zero-order chi connectivity index (χ0) is 5.28. The van der Waals surface area contributed by atoms with Gasteiger partial charge in [0.2, 0.25) is 0 Å². The van der Waals surface area contributed by atoms with E-state index in [2.05, 4.69) is 12.2 Å². The lowest BCUT2D eigenvalue weighted by atomic mass is 10.1. The van der Waals surface area contributed by atoms with Crippen LogP contribution in [0.4, 0.5) is 0 Å². The van der Waals surface area contributed by atoms with Gasteiger partial charge in [0, 0.05) is 7.11 Å². The molecular weight excluding hydrogens is 90.1 g/mol. The maximum atomic E-state index is 5.07. The number of hydrogen-bond donors (Lipinski definition) is 1. The van der Waals surface area contributed by atoms with Gasteiger partial charge in [0.05, 0.1) is 0 Å². The van der Waals surface area contributed by atoms with Gasteiger partial charge in [0.25, 0.3) is 0 Å². The molecule has 1 aliphatic rings. The van der Waals surface area contributed by atoms with Crippen molar-refractivity contribution in [3.63, 3.8) is 0 Å². The highest BCUT2D eigenvalue weighted by atomic mass is 16.5. The molecule has 1 rings (SSSR count). The van der Waals surface area contributed by atoms with Crippen molar-refractivity contribution in [2.45, 2.75) is 19.1 Å². The van der Waals surface area contributed by atoms with E-state index in [-0.39, 0.29) is 0 Å². The summed E-state index contributed by atoms with van der Waals surface area (Å²) < 4.78 is 5.07. The third kappa shape index (κ3) is 0.763. The fraction of sp³-hybridized carbons (Fsp3) is 1.00. The zero-order valence-corrected chi connectivity index (χ0v) is 4.85. The first-order chi connectivity index (χ1) is 3.34. The minimum Gasteiger partial charge on any atom is -0.369 e. The largest absolute Gasteiger partial charge is 0.369 e. The Morgan fingerprint density at radius 3 is 2.43 bits per heavy atom. The first kappa shape index (κ1) is 5.06. The summed E-state index contributed by atoms with van der Waals surface area (Å²) in [6.07, 6.45) is 0.528. The molecule has 0 unspecified atom stereocenters. The number of rotatable bonds is 1. The highest BCUT2D eigenvalue weighted by Gasteiger charge is 2.30. The van der Waals surface area contributed by atoms with E-state index < -0.39 is 0 Å². The lowest BCUT2D eigenvalue weighted by molar-refractivity contribution is -0.758. The Morgan fingerprint density at radius 2 is 2.43 bits per heavy atom. The molecule has 2 heteroatoms. The van der Waals surface area contributed by atoms with Crippen LogP contribution >= 0.6 is 0 Å². The minimum absolute atomic E-state index is 0.528. The van der Waals surface area contributed by atoms with Crippen molar-refractivity contribution in [3.05, 3.63) is 0 Å². The molecule has 1 fully saturated rings. The van der Waals surface area contributed by atoms with Crippen molar-refractivity contribution >= 4 is 0 Å². The van der Waals surface area contributed by atoms with Crippen LogP contribution in [0.2, 0.25) is 0 Å². The van der Waals surface area contributed by atoms with E-state index in [0.29, 0.717) is 12.1 Å². The Bertz CT molecular complexity index is 63.1. The van der Waals surface area contributed by atoms with Gasteiger partial charge in [-0.15, -0.1) is 0 Å². The molecule has 7 heavy (non-hydrogen) atoms. The standard InChI is InChI=1S/C5H11NO/c1-4-5(7-2)3-6-4/h4-6H,3H2,1-2H3/p+1/t4-,5+/m0/s1. The summed E-state index contributed by atoms with van der Waals surface area (Å²) in [5.74, 6) is 0. The minimum atomic E-state index is 0.528. The van der Waals surface area contributed by atoms with Crippen molar-refractivity contribution in [1.82, 2.24) is 0 Å². The molecule has 0 aromatic heterocycles. The monoisotopic (exact) mass is 102 g/mol. The molecular formula is C5H12NO+. The van der Waals surface area contributed by atoms with E-state index in [1.807, 2.05) is 0 Å². The number of methoxy groups -OCH3 is 1. The van der Waals surface area contributed by atoms with Crippen LogP contribution < -0.4 is 5.32 Å². The lowest BCUT2D eigenvalue weighted by Crippen LogP contribution is -3.03. The second-order valence-electron chi connectivity index (χ2n) is 2.10. The summed E-state index contributed by atoms with van der Waals surface area (Å²) in [5, 5.41) is 2.27. The molecule has 1 aliphatic heterocycles. The van der Waals surface area contributed by atoms with Gasteiger partial charge in [-0.3, -0.25) is 0 Å². The Morgan fingerprint density at radius 1 is 1.71 bits per heavy atom. The van der Waals surface area contributed by atoms with Crippen molar-refractivity contribution in [2.24, 2.45) is 0 Å². The number of ether oxygens (including phenoxy) is 1. The highest BCUT2D eigenvalue weighted by molar-refractivity contribution is 4.67. The van der Waals surface area contributed by atoms with Crippen LogP contribution in [0, 0.1) is 0 Å². The van der Waals surface area contributed by atoms with Gasteiger partial charge in [-0.25, -0.2) is 0 Å². The first-order valence-corrected chi connectivity index (χ1v) is 2.70. The number of quaternary nitrogens is 1. The van der Waals surface area contributed by atoms with Gasteiger partial charge < -0.3 is 10.1 Å². The van der Waals surface area contributed by atoms with Crippen molar-refractivity contribution in [2.75, 3.05) is 13.7 Å². The molecule has 2 nitrogen and oxygen atoms in total. The topological polar surface area (TPSA) is 25.8 Å². The van der Waals surface area contributed by atoms with E-state index >= 15 is 0 Å². The van der Waals surface area contributed by atoms with E-state index in [1.165, 1.54) is 0 Å². The highest BCUT2D eigenvalue weighted by Crippen LogP contribution is 1.95. The van der Waals surface area contributed by atoms with Crippen LogP contribution in [0.1, 0.15) is 6.92 Å². The maximum absolute atomic E-state index is 5.07. The second kappa shape index (κ2) is 1.80. The predicted molar refractivity (Wildman–Crippen MR) is 27.1 cm³/mol. The number of hydrogen-bond acceptors (Lipinski definition) is 1. The van der Waals surface area contributed by atoms with Gasteiger partial charge >= 0.3 is 0 Å². The Kier molecular flexibility index (Phi) is 1.30. The SMILES string of the molecule is CO[C@@H]1C[NH2+][C@H]1C. The molecule has 0 aromatic carbocycles. The number of nitrogens with two attached hydrogens (primary N) is 1. The summed E-state index contributed by atoms with van der Waals surface area (Å²) >= 11 is 0. The third-order valence-corrected chi connectivity index (χ3v) is 1.63. The average Bonchev–Trinajstić information content (AvgIpc) is 1.65. The van der Waals surface area contributed by atoms with Crippen LogP contribution in [0.25, 0.3) is 0 Å². The van der Waals surface area contributed by atoms with E-state index in [0.717, 1.165) is 6.54 Å². The molecule has 1 heterocycles. The molecule has 0 saturated carbocycles. The van der Waals surface area contributed by atoms with Crippen LogP contribution in [0.3, 0.4) is 0 Å². The molecule has 0 spiro atoms. The van der Waals surface area contributed by atoms with Gasteiger partial charge in [-0.05, 0) is 6.92 Å². The Balaban J connectivity index is 2.16. The van der Waals surface area contributed by atoms with Gasteiger partial charge in [-0.1, -0.05) is 0 Å². The smallest absolute Gasteiger partial charge is 0.157 e. The van der Waals surface area contributed by atoms with Crippen LogP contribution in [0.15, 0.2) is 0 Å². The molecule has 42 valence electrons. The molecule has 2 N–H and O–H groups in total. The normalized spacial score (nSPS) is 40.3. The molecule has 1 saturated heterocycles. The van der Waals surface area contributed by atoms with Crippen LogP contribution in [0.5, 0.6) is 0 Å². The summed E-state index contributed by atoms with van der Waals surface area (Å²) in [6.45, 7) is 3.33. The van der Waals surface area contributed by atoms with Crippen molar-refractivity contribution in [3.8, 4) is 0 Å². The summed E-state index contributed by atoms with van der Waals surface area (Å²) in [6, 6.07) is 0.699. The van der Waals surface area contributed by atoms with E-state index in [9.17, 15) is 0 Å². The summed E-state index contributed by atoms with van der Waals surface area (Å²) in [7, 11) is 1.77. The second-order valence-corrected chi connectivity index (χ2v) is 2.10. The van der Waals surface area contributed by atoms with E-state index in [4.69, 9.17) is 4.74 Å². The fourth-order valence-corrected chi connectivity index (χ4v) is 0.830. The third-order valence-electron chi connectivity index (χ3n) is 1.63. The molecule has 0 bridgehead atoms. The molecule has 2 atom stereocenters. The lowest BCUT2D eigenvalue weighted by Gasteiger charge is -2.29. The Hall–Kier alpha value is -0.0800. The van der Waals surface area contributed by atoms with Gasteiger partial charge in [0.1, 0.15) is 12.6 Å². The van der Waals surface area contributed by atoms with Crippen molar-refractivity contribution < 1.29 is 10.1 Å². The quantitative estimate of drug-likeness (QED) is 0.450. The zero-order valence-electron chi connectivity index (χ0n) is 4.85. The van der Waals surface area contributed by atoms with Crippen LogP contribution in [-0.4, -0.2) is 25.8 Å². The average molecular weight is 102 g/mol. The van der Waals surface area contributed by atoms with Gasteiger partial charge in [-0.2, -0.15) is 0 Å². The maximum Gasteiger partial charge on any atom is 0.157 e. The van der Waals surface area contributed by atoms with E-state index in [1.54, 1.807) is 7.11 Å². The fourth-order valence-electron chi connectivity index (χ4n) is 0.830. The van der Waals surface area contributed by atoms with Crippen molar-refractivity contribution in [1.29, 1.82) is 0 Å².